The lowest BCUT2D eigenvalue weighted by Crippen LogP contribution is -2.34. The molecule has 1 atom stereocenters. The molecule has 7 heteroatoms. The van der Waals surface area contributed by atoms with Crippen LogP contribution in [0.5, 0.6) is 0 Å². The monoisotopic (exact) mass is 282 g/mol. The molecule has 1 aliphatic heterocycles. The van der Waals surface area contributed by atoms with Crippen LogP contribution in [-0.2, 0) is 4.57 Å². The summed E-state index contributed by atoms with van der Waals surface area (Å²) in [6.45, 7) is 5.72. The Morgan fingerprint density at radius 2 is 1.83 bits per heavy atom. The van der Waals surface area contributed by atoms with Gasteiger partial charge in [-0.2, -0.15) is 0 Å². The quantitative estimate of drug-likeness (QED) is 0.599. The first-order chi connectivity index (χ1) is 8.25. The van der Waals surface area contributed by atoms with Crippen molar-refractivity contribution in [3.8, 4) is 0 Å². The van der Waals surface area contributed by atoms with Gasteiger partial charge in [-0.3, -0.25) is 9.79 Å². The third-order valence-corrected chi connectivity index (χ3v) is 2.83. The topological polar surface area (TPSA) is 64.0 Å². The van der Waals surface area contributed by atoms with E-state index < -0.39 is 7.91 Å². The second kappa shape index (κ2) is 8.51. The maximum absolute atomic E-state index is 10.4. The SMILES string of the molecule is CCCCCCN1C=CN(C)C1C.O=P(O)(O)F. The minimum absolute atomic E-state index is 0.557. The van der Waals surface area contributed by atoms with Crippen LogP contribution in [0, 0.1) is 0 Å². The summed E-state index contributed by atoms with van der Waals surface area (Å²) >= 11 is 0. The summed E-state index contributed by atoms with van der Waals surface area (Å²) in [5, 5.41) is 0. The van der Waals surface area contributed by atoms with Gasteiger partial charge in [0.15, 0.2) is 0 Å². The molecule has 2 N–H and O–H groups in total. The Hall–Kier alpha value is -0.580. The largest absolute Gasteiger partial charge is 0.507 e. The van der Waals surface area contributed by atoms with Gasteiger partial charge in [0.05, 0.1) is 6.17 Å². The molecule has 0 radical (unpaired) electrons. The summed E-state index contributed by atoms with van der Waals surface area (Å²) in [6.07, 6.45) is 10.3. The van der Waals surface area contributed by atoms with Crippen LogP contribution in [0.3, 0.4) is 0 Å². The van der Waals surface area contributed by atoms with E-state index in [1.54, 1.807) is 0 Å². The van der Waals surface area contributed by atoms with E-state index in [4.69, 9.17) is 14.4 Å². The fraction of sp³-hybridized carbons (Fsp3) is 0.818. The van der Waals surface area contributed by atoms with Crippen LogP contribution in [0.1, 0.15) is 39.5 Å². The van der Waals surface area contributed by atoms with Crippen molar-refractivity contribution in [3.63, 3.8) is 0 Å². The minimum atomic E-state index is -5.14. The van der Waals surface area contributed by atoms with Crippen LogP contribution in [0.4, 0.5) is 4.20 Å². The van der Waals surface area contributed by atoms with Crippen molar-refractivity contribution in [1.29, 1.82) is 0 Å². The summed E-state index contributed by atoms with van der Waals surface area (Å²) in [5.41, 5.74) is 0. The van der Waals surface area contributed by atoms with Crippen LogP contribution in [-0.4, -0.2) is 39.3 Å². The van der Waals surface area contributed by atoms with Gasteiger partial charge >= 0.3 is 7.91 Å². The van der Waals surface area contributed by atoms with Crippen molar-refractivity contribution in [1.82, 2.24) is 9.80 Å². The summed E-state index contributed by atoms with van der Waals surface area (Å²) in [5.74, 6) is 0. The predicted octanol–water partition coefficient (Wildman–Crippen LogP) is 2.68. The van der Waals surface area contributed by atoms with Gasteiger partial charge in [0.1, 0.15) is 0 Å². The van der Waals surface area contributed by atoms with Crippen LogP contribution in [0.2, 0.25) is 0 Å². The molecule has 1 rings (SSSR count). The second-order valence-electron chi connectivity index (χ2n) is 4.37. The molecule has 0 aromatic heterocycles. The Morgan fingerprint density at radius 3 is 2.22 bits per heavy atom. The first-order valence-corrected chi connectivity index (χ1v) is 7.67. The number of rotatable bonds is 5. The smallest absolute Gasteiger partial charge is 0.359 e. The Morgan fingerprint density at radius 1 is 1.28 bits per heavy atom. The first-order valence-electron chi connectivity index (χ1n) is 6.17. The van der Waals surface area contributed by atoms with Gasteiger partial charge < -0.3 is 9.80 Å². The Bertz CT molecular complexity index is 288. The number of unbranched alkanes of at least 4 members (excludes halogenated alkanes) is 3. The zero-order chi connectivity index (χ0) is 14.2. The third kappa shape index (κ3) is 9.45. The van der Waals surface area contributed by atoms with Crippen molar-refractivity contribution in [2.24, 2.45) is 0 Å². The van der Waals surface area contributed by atoms with Gasteiger partial charge in [0, 0.05) is 26.0 Å². The molecule has 0 fully saturated rings. The summed E-state index contributed by atoms with van der Waals surface area (Å²) < 4.78 is 19.0. The molecule has 0 spiro atoms. The molecule has 0 saturated heterocycles. The molecule has 0 bridgehead atoms. The fourth-order valence-corrected chi connectivity index (χ4v) is 1.66. The molecule has 108 valence electrons. The molecule has 5 nitrogen and oxygen atoms in total. The average Bonchev–Trinajstić information content (AvgIpc) is 2.53. The molecule has 18 heavy (non-hydrogen) atoms. The predicted molar refractivity (Wildman–Crippen MR) is 70.4 cm³/mol. The van der Waals surface area contributed by atoms with E-state index in [2.05, 4.69) is 43.1 Å². The maximum Gasteiger partial charge on any atom is 0.507 e. The lowest BCUT2D eigenvalue weighted by Gasteiger charge is -2.26. The maximum atomic E-state index is 10.4. The lowest BCUT2D eigenvalue weighted by molar-refractivity contribution is 0.192. The lowest BCUT2D eigenvalue weighted by atomic mass is 10.2. The summed E-state index contributed by atoms with van der Waals surface area (Å²) in [4.78, 5) is 18.6. The van der Waals surface area contributed by atoms with Crippen molar-refractivity contribution < 1.29 is 18.5 Å². The molecule has 0 saturated carbocycles. The molecular weight excluding hydrogens is 258 g/mol. The highest BCUT2D eigenvalue weighted by atomic mass is 31.2. The van der Waals surface area contributed by atoms with E-state index in [-0.39, 0.29) is 0 Å². The van der Waals surface area contributed by atoms with Gasteiger partial charge in [0.25, 0.3) is 0 Å². The van der Waals surface area contributed by atoms with Gasteiger partial charge in [0.2, 0.25) is 0 Å². The molecule has 1 unspecified atom stereocenters. The van der Waals surface area contributed by atoms with E-state index in [1.165, 1.54) is 32.2 Å². The Balaban J connectivity index is 0.000000494. The molecule has 0 aliphatic carbocycles. The minimum Gasteiger partial charge on any atom is -0.359 e. The van der Waals surface area contributed by atoms with Crippen LogP contribution >= 0.6 is 7.91 Å². The third-order valence-electron chi connectivity index (χ3n) is 2.83. The van der Waals surface area contributed by atoms with Crippen molar-refractivity contribution in [3.05, 3.63) is 12.4 Å². The van der Waals surface area contributed by atoms with Gasteiger partial charge in [-0.05, 0) is 13.3 Å². The highest BCUT2D eigenvalue weighted by molar-refractivity contribution is 7.45. The Labute approximate surface area is 109 Å². The van der Waals surface area contributed by atoms with Crippen molar-refractivity contribution >= 4 is 7.91 Å². The number of hydrogen-bond donors (Lipinski definition) is 2. The van der Waals surface area contributed by atoms with Crippen LogP contribution in [0.15, 0.2) is 12.4 Å². The van der Waals surface area contributed by atoms with Gasteiger partial charge in [-0.15, -0.1) is 4.20 Å². The number of hydrogen-bond acceptors (Lipinski definition) is 3. The van der Waals surface area contributed by atoms with Gasteiger partial charge in [-0.1, -0.05) is 26.2 Å². The zero-order valence-electron chi connectivity index (χ0n) is 11.3. The first kappa shape index (κ1) is 17.4. The van der Waals surface area contributed by atoms with E-state index in [0.29, 0.717) is 6.17 Å². The highest BCUT2D eigenvalue weighted by Crippen LogP contribution is 2.35. The molecule has 0 amide bonds. The molecular formula is C11H24FN2O3P. The second-order valence-corrected chi connectivity index (χ2v) is 5.31. The van der Waals surface area contributed by atoms with E-state index in [9.17, 15) is 4.20 Å². The van der Waals surface area contributed by atoms with Crippen molar-refractivity contribution in [2.45, 2.75) is 45.7 Å². The molecule has 0 aromatic rings. The molecule has 1 aliphatic rings. The number of nitrogens with zero attached hydrogens (tertiary/aromatic N) is 2. The van der Waals surface area contributed by atoms with E-state index in [0.717, 1.165) is 0 Å². The normalized spacial score (nSPS) is 18.9. The average molecular weight is 282 g/mol. The van der Waals surface area contributed by atoms with Crippen LogP contribution < -0.4 is 0 Å². The standard InChI is InChI=1S/C11H22N2.FH2O3P/c1-4-5-6-7-8-13-10-9-12(3)11(13)2;1-5(2,3)4/h9-11H,4-8H2,1-3H3;(H2,2,3,4). The van der Waals surface area contributed by atoms with Gasteiger partial charge in [-0.25, -0.2) is 4.57 Å². The summed E-state index contributed by atoms with van der Waals surface area (Å²) in [7, 11) is -3.01. The zero-order valence-corrected chi connectivity index (χ0v) is 12.2. The molecule has 1 heterocycles. The Kier molecular flexibility index (Phi) is 8.24. The molecule has 0 aromatic carbocycles. The van der Waals surface area contributed by atoms with Crippen LogP contribution in [0.25, 0.3) is 0 Å². The fourth-order valence-electron chi connectivity index (χ4n) is 1.66. The van der Waals surface area contributed by atoms with Crippen molar-refractivity contribution in [2.75, 3.05) is 13.6 Å². The summed E-state index contributed by atoms with van der Waals surface area (Å²) in [6, 6.07) is 0. The highest BCUT2D eigenvalue weighted by Gasteiger charge is 2.16. The van der Waals surface area contributed by atoms with E-state index in [1.807, 2.05) is 0 Å². The van der Waals surface area contributed by atoms with E-state index >= 15 is 0 Å². The number of halogens is 1.